The first-order valence-corrected chi connectivity index (χ1v) is 38.8. The molecule has 55 nitrogen and oxygen atoms in total. The Morgan fingerprint density at radius 2 is 0.445 bits per heavy atom. The smallest absolute Gasteiger partial charge is 0.394 e. The molecule has 10 fully saturated rings. The van der Waals surface area contributed by atoms with E-state index in [9.17, 15) is 167 Å². The Labute approximate surface area is 671 Å². The van der Waals surface area contributed by atoms with Crippen LogP contribution in [0.3, 0.4) is 0 Å². The summed E-state index contributed by atoms with van der Waals surface area (Å²) in [6.07, 6.45) is -109. The van der Waals surface area contributed by atoms with Crippen molar-refractivity contribution in [3.8, 4) is 0 Å². The van der Waals surface area contributed by atoms with Gasteiger partial charge in [0.2, 0.25) is 5.91 Å². The lowest BCUT2D eigenvalue weighted by Crippen LogP contribution is -2.69. The van der Waals surface area contributed by atoms with Crippen molar-refractivity contribution in [3.05, 3.63) is 0 Å². The molecule has 10 aliphatic rings. The third kappa shape index (κ3) is 21.2. The number of hydrogen-bond donors (Lipinski definition) is 32. The summed E-state index contributed by atoms with van der Waals surface area (Å²) in [5.41, 5.74) is 0. The van der Waals surface area contributed by atoms with Gasteiger partial charge in [-0.25, -0.2) is 4.57 Å². The van der Waals surface area contributed by atoms with Gasteiger partial charge in [0.05, 0.1) is 66.1 Å². The first-order valence-electron chi connectivity index (χ1n) is 37.3. The first-order chi connectivity index (χ1) is 56.3. The second-order valence-electron chi connectivity index (χ2n) is 29.5. The molecule has 10 saturated heterocycles. The Balaban J connectivity index is 0.882. The molecule has 51 atom stereocenters. The Bertz CT molecular complexity index is 3140. The van der Waals surface area contributed by atoms with Crippen molar-refractivity contribution in [2.24, 2.45) is 0 Å². The molecule has 119 heavy (non-hydrogen) atoms. The van der Waals surface area contributed by atoms with Crippen LogP contribution in [0, 0.1) is 0 Å². The van der Waals surface area contributed by atoms with Gasteiger partial charge in [0.1, 0.15) is 244 Å². The molecule has 0 bridgehead atoms. The van der Waals surface area contributed by atoms with Crippen LogP contribution in [0.2, 0.25) is 0 Å². The molecular weight excluding hydrogens is 1670 g/mol. The van der Waals surface area contributed by atoms with Crippen LogP contribution in [-0.4, -0.2) is 544 Å². The van der Waals surface area contributed by atoms with Crippen molar-refractivity contribution in [3.63, 3.8) is 0 Å². The first kappa shape index (κ1) is 98.8. The fourth-order valence-electron chi connectivity index (χ4n) is 15.1. The third-order valence-corrected chi connectivity index (χ3v) is 22.7. The molecule has 1 amide bonds. The summed E-state index contributed by atoms with van der Waals surface area (Å²) in [7, 11) is -4.40. The predicted octanol–water partition coefficient (Wildman–Crippen LogP) is -21.9. The van der Waals surface area contributed by atoms with Crippen LogP contribution in [0.5, 0.6) is 0 Å². The van der Waals surface area contributed by atoms with Crippen LogP contribution in [0.15, 0.2) is 0 Å². The van der Waals surface area contributed by atoms with E-state index < -0.39 is 387 Å². The van der Waals surface area contributed by atoms with Gasteiger partial charge in [-0.15, -0.1) is 0 Å². The molecule has 56 heteroatoms. The van der Waals surface area contributed by atoms with E-state index in [0.717, 1.165) is 6.92 Å². The number of carbonyl (C=O) groups excluding carboxylic acids is 1. The van der Waals surface area contributed by atoms with Gasteiger partial charge in [-0.2, -0.15) is 0 Å². The molecule has 0 aliphatic carbocycles. The number of phosphoric ester groups is 1. The summed E-state index contributed by atoms with van der Waals surface area (Å²) in [5.74, 6) is -0.809. The van der Waals surface area contributed by atoms with E-state index >= 15 is 0 Å². The molecule has 0 saturated carbocycles. The minimum atomic E-state index is -5.11. The lowest BCUT2D eigenvalue weighted by molar-refractivity contribution is -0.414. The van der Waals surface area contributed by atoms with Crippen LogP contribution in [0.4, 0.5) is 0 Å². The summed E-state index contributed by atoms with van der Waals surface area (Å²) >= 11 is 0. The quantitative estimate of drug-likeness (QED) is 0.0278. The van der Waals surface area contributed by atoms with E-state index in [1.165, 1.54) is 0 Å². The highest BCUT2D eigenvalue weighted by Gasteiger charge is 2.63. The second kappa shape index (κ2) is 42.7. The fraction of sp³-hybridized carbons (Fsp3) is 0.984. The average molecular weight is 1770 g/mol. The standard InChI is InChI=1S/C63H108NO54P/c1-13(75)64-24-44(29(80)18(7-69)99-54(24)95)109-55-39(90)45(30(81)19(8-70)100-55)110-56-41(92)47(32(83)21(10-72)101-56)112-60-52(37(88)27(78)14(3-65)105-60)116-62-50(35(86)25(76)16(5-67)107-62)114-58-40(91)46(31(82)20(9-71)103-58)111-57-42(93)48(33(84)22(11-73)102-57)113-61-53(38(89)28(79)15(4-66)106-61)117-63-51(36(87)26(77)17(6-68)108-63)115-59-43(94)49(118-119(96,97)98-2)34(85)23(12-74)104-59/h14-63,65-74,76-95H,3-12H2,1-2H3,(H,64,75)(H,96,97)/t14-,15-,16-,17-,18-,19-,20-,21-,22-,23-,24-,25-,26-,27-,28-,29-,30-,31-,32-,33-,34-,35+,36+,37+,38+,39+,40+,41+,42+,43+,44-,45+,46+,47+,48+,49+,50+,51+,52+,53+,54+,55-,56-,57-,58-,59-,60-,61-,62-,63-/m1/s1. The van der Waals surface area contributed by atoms with E-state index in [4.69, 9.17) is 94.5 Å². The Morgan fingerprint density at radius 1 is 0.261 bits per heavy atom. The van der Waals surface area contributed by atoms with Crippen molar-refractivity contribution in [1.29, 1.82) is 0 Å². The number of aliphatic hydroxyl groups is 30. The molecule has 10 rings (SSSR count). The minimum absolute atomic E-state index is 0.709. The molecule has 0 radical (unpaired) electrons. The fourth-order valence-corrected chi connectivity index (χ4v) is 15.7. The summed E-state index contributed by atoms with van der Waals surface area (Å²) in [5, 5.41) is 336. The Kier molecular flexibility index (Phi) is 35.4. The lowest BCUT2D eigenvalue weighted by atomic mass is 9.94. The van der Waals surface area contributed by atoms with Gasteiger partial charge < -0.3 is 253 Å². The van der Waals surface area contributed by atoms with Gasteiger partial charge in [-0.05, 0) is 0 Å². The van der Waals surface area contributed by atoms with Crippen LogP contribution in [-0.2, 0) is 108 Å². The number of ether oxygens (including phenoxy) is 19. The van der Waals surface area contributed by atoms with Crippen LogP contribution in [0.25, 0.3) is 0 Å². The summed E-state index contributed by atoms with van der Waals surface area (Å²) in [6.45, 7) is -10.5. The van der Waals surface area contributed by atoms with Crippen molar-refractivity contribution in [2.75, 3.05) is 73.2 Å². The Morgan fingerprint density at radius 3 is 0.689 bits per heavy atom. The van der Waals surface area contributed by atoms with E-state index in [0.29, 0.717) is 7.11 Å². The maximum atomic E-state index is 12.5. The van der Waals surface area contributed by atoms with Crippen molar-refractivity contribution < 1.29 is 266 Å². The van der Waals surface area contributed by atoms with Crippen molar-refractivity contribution >= 4 is 13.7 Å². The summed E-state index contributed by atoms with van der Waals surface area (Å²) < 4.78 is 131. The summed E-state index contributed by atoms with van der Waals surface area (Å²) in [4.78, 5) is 22.3. The molecule has 10 aliphatic heterocycles. The average Bonchev–Trinajstić information content (AvgIpc) is 0.778. The number of rotatable bonds is 32. The zero-order valence-corrected chi connectivity index (χ0v) is 63.5. The largest absolute Gasteiger partial charge is 0.472 e. The molecule has 0 spiro atoms. The predicted molar refractivity (Wildman–Crippen MR) is 357 cm³/mol. The molecule has 0 aromatic heterocycles. The van der Waals surface area contributed by atoms with Crippen LogP contribution < -0.4 is 5.32 Å². The molecule has 0 aromatic rings. The zero-order valence-electron chi connectivity index (χ0n) is 62.6. The maximum Gasteiger partial charge on any atom is 0.472 e. The molecular formula is C63H108NO54P. The van der Waals surface area contributed by atoms with Gasteiger partial charge in [0, 0.05) is 14.0 Å². The van der Waals surface area contributed by atoms with E-state index in [-0.39, 0.29) is 0 Å². The second-order valence-corrected chi connectivity index (χ2v) is 31.0. The van der Waals surface area contributed by atoms with E-state index in [1.807, 2.05) is 0 Å². The number of amides is 1. The molecule has 32 N–H and O–H groups in total. The third-order valence-electron chi connectivity index (χ3n) is 21.8. The summed E-state index contributed by atoms with van der Waals surface area (Å²) in [6, 6.07) is -1.66. The highest BCUT2D eigenvalue weighted by atomic mass is 31.2. The number of aliphatic hydroxyl groups excluding tert-OH is 30. The van der Waals surface area contributed by atoms with Gasteiger partial charge in [0.25, 0.3) is 0 Å². The van der Waals surface area contributed by atoms with Gasteiger partial charge in [0.15, 0.2) is 62.9 Å². The van der Waals surface area contributed by atoms with E-state index in [2.05, 4.69) is 9.84 Å². The topological polar surface area (TPSA) is 867 Å². The number of hydrogen-bond acceptors (Lipinski definition) is 53. The maximum absolute atomic E-state index is 12.5. The molecule has 10 heterocycles. The highest BCUT2D eigenvalue weighted by molar-refractivity contribution is 7.47. The number of phosphoric acid groups is 1. The molecule has 0 aromatic carbocycles. The van der Waals surface area contributed by atoms with Crippen LogP contribution in [0.1, 0.15) is 6.92 Å². The molecule has 694 valence electrons. The molecule has 1 unspecified atom stereocenters. The number of carbonyl (C=O) groups is 1. The zero-order chi connectivity index (χ0) is 87.6. The van der Waals surface area contributed by atoms with Gasteiger partial charge in [-0.1, -0.05) is 0 Å². The minimum Gasteiger partial charge on any atom is -0.394 e. The van der Waals surface area contributed by atoms with Crippen molar-refractivity contribution in [2.45, 2.75) is 314 Å². The highest BCUT2D eigenvalue weighted by Crippen LogP contribution is 2.47. The number of nitrogens with one attached hydrogen (secondary N) is 1. The monoisotopic (exact) mass is 1770 g/mol. The normalized spacial score (nSPS) is 51.4. The lowest BCUT2D eigenvalue weighted by Gasteiger charge is -2.51. The van der Waals surface area contributed by atoms with E-state index in [1.54, 1.807) is 0 Å². The van der Waals surface area contributed by atoms with Gasteiger partial charge >= 0.3 is 7.82 Å². The van der Waals surface area contributed by atoms with Crippen molar-refractivity contribution in [1.82, 2.24) is 5.32 Å². The SMILES string of the molecule is COP(=O)(O)O[C@@H]1[C@H](O)[C@@H](O[C@@H]2[C@@H](O[C@@H]3[C@@H](O[C@@H]4[C@H](O)[C@@H](O[C@@H]5[C@H](O)[C@@H](O[C@@H]6[C@@H](O[C@@H]7[C@@H](O[C@@H]8[C@H](O)[C@@H](O[C@@H]9[C@H](O)[C@@H](O[C@H]%10[C@H](O)[C@@H](CO)O[C@H](O)[C@@H]%10NC(C)=O)O[C@H](CO)[C@H]9O)O[C@H](CO)[C@H]8O)O[C@H](CO)[C@@H](O)[C@@H]7O)O[C@H](CO)[C@@H](O)[C@@H]6O)O[C@H](CO)[C@H]5O)O[C@H](CO)[C@H]4O)O[C@H](CO)[C@@H](O)[C@@H]3O)O[C@H](CO)[C@@H](O)[C@@H]2O)O[C@H](CO)[C@H]1O. The van der Waals surface area contributed by atoms with Crippen LogP contribution >= 0.6 is 7.82 Å². The van der Waals surface area contributed by atoms with Gasteiger partial charge in [-0.3, -0.25) is 13.8 Å². The Hall–Kier alpha value is -2.38.